The number of nitrogens with zero attached hydrogens (tertiary/aromatic N) is 2. The largest absolute Gasteiger partial charge is 0.341 e. The van der Waals surface area contributed by atoms with Crippen molar-refractivity contribution in [1.29, 1.82) is 0 Å². The summed E-state index contributed by atoms with van der Waals surface area (Å²) in [6, 6.07) is 6.62. The van der Waals surface area contributed by atoms with Crippen LogP contribution in [-0.4, -0.2) is 47.9 Å². The molecule has 1 aliphatic rings. The molecule has 0 saturated carbocycles. The molecule has 1 aliphatic heterocycles. The smallest absolute Gasteiger partial charge is 0.318 e. The molecular weight excluding hydrogens is 314 g/mol. The summed E-state index contributed by atoms with van der Waals surface area (Å²) in [5, 5.41) is 3.42. The number of piperidine rings is 1. The number of nitrogens with one attached hydrogen (secondary N) is 1. The normalized spacial score (nSPS) is 15.9. The molecule has 1 aromatic carbocycles. The maximum atomic E-state index is 12.3. The maximum Gasteiger partial charge on any atom is 0.318 e. The molecule has 1 atom stereocenters. The minimum Gasteiger partial charge on any atom is -0.341 e. The first-order valence-corrected chi connectivity index (χ1v) is 8.40. The third-order valence-electron chi connectivity index (χ3n) is 4.03. The molecule has 5 nitrogen and oxygen atoms in total. The second kappa shape index (κ2) is 8.20. The van der Waals surface area contributed by atoms with Gasteiger partial charge >= 0.3 is 6.03 Å². The number of rotatable bonds is 4. The summed E-state index contributed by atoms with van der Waals surface area (Å²) >= 11 is 5.95. The minimum atomic E-state index is -0.512. The van der Waals surface area contributed by atoms with Crippen LogP contribution in [0.15, 0.2) is 24.3 Å². The molecule has 23 heavy (non-hydrogen) atoms. The molecule has 0 bridgehead atoms. The number of hydrogen-bond donors (Lipinski definition) is 1. The quantitative estimate of drug-likeness (QED) is 0.918. The van der Waals surface area contributed by atoms with Crippen LogP contribution in [0.4, 0.5) is 4.79 Å². The van der Waals surface area contributed by atoms with Gasteiger partial charge in [-0.25, -0.2) is 4.79 Å². The Morgan fingerprint density at radius 1 is 1.30 bits per heavy atom. The van der Waals surface area contributed by atoms with Crippen molar-refractivity contribution in [1.82, 2.24) is 15.1 Å². The van der Waals surface area contributed by atoms with Gasteiger partial charge in [-0.15, -0.1) is 0 Å². The van der Waals surface area contributed by atoms with Gasteiger partial charge in [-0.05, 0) is 43.9 Å². The van der Waals surface area contributed by atoms with Gasteiger partial charge < -0.3 is 15.1 Å². The number of amides is 3. The summed E-state index contributed by atoms with van der Waals surface area (Å²) < 4.78 is 0. The number of urea groups is 1. The van der Waals surface area contributed by atoms with Gasteiger partial charge in [-0.2, -0.15) is 0 Å². The van der Waals surface area contributed by atoms with Crippen LogP contribution in [0.5, 0.6) is 0 Å². The highest BCUT2D eigenvalue weighted by Crippen LogP contribution is 2.13. The van der Waals surface area contributed by atoms with E-state index in [2.05, 4.69) is 5.32 Å². The molecule has 1 unspecified atom stereocenters. The molecular formula is C17H24ClN3O2. The second-order valence-electron chi connectivity index (χ2n) is 6.04. The zero-order valence-corrected chi connectivity index (χ0v) is 14.5. The molecule has 2 rings (SSSR count). The van der Waals surface area contributed by atoms with Gasteiger partial charge in [-0.1, -0.05) is 23.7 Å². The van der Waals surface area contributed by atoms with E-state index in [1.54, 1.807) is 24.9 Å². The van der Waals surface area contributed by atoms with Crippen molar-refractivity contribution in [2.45, 2.75) is 38.8 Å². The topological polar surface area (TPSA) is 52.7 Å². The lowest BCUT2D eigenvalue weighted by atomic mass is 10.1. The fourth-order valence-corrected chi connectivity index (χ4v) is 2.94. The van der Waals surface area contributed by atoms with Crippen LogP contribution in [0.25, 0.3) is 0 Å². The third-order valence-corrected chi connectivity index (χ3v) is 4.27. The molecule has 3 amide bonds. The SMILES string of the molecule is CC(NC(=O)N(C)Cc1cccc(Cl)c1)C(=O)N1CCCCC1. The zero-order chi connectivity index (χ0) is 16.8. The Hall–Kier alpha value is -1.75. The molecule has 1 fully saturated rings. The standard InChI is InChI=1S/C17H24ClN3O2/c1-13(16(22)21-9-4-3-5-10-21)19-17(23)20(2)12-14-7-6-8-15(18)11-14/h6-8,11,13H,3-5,9-10,12H2,1-2H3,(H,19,23). The lowest BCUT2D eigenvalue weighted by molar-refractivity contribution is -0.133. The van der Waals surface area contributed by atoms with E-state index in [4.69, 9.17) is 11.6 Å². The first kappa shape index (κ1) is 17.6. The molecule has 0 spiro atoms. The van der Waals surface area contributed by atoms with Crippen molar-refractivity contribution in [3.05, 3.63) is 34.9 Å². The van der Waals surface area contributed by atoms with E-state index in [0.29, 0.717) is 11.6 Å². The number of likely N-dealkylation sites (tertiary alicyclic amines) is 1. The van der Waals surface area contributed by atoms with Crippen LogP contribution < -0.4 is 5.32 Å². The molecule has 0 radical (unpaired) electrons. The van der Waals surface area contributed by atoms with Crippen molar-refractivity contribution >= 4 is 23.5 Å². The van der Waals surface area contributed by atoms with Crippen molar-refractivity contribution in [2.24, 2.45) is 0 Å². The molecule has 0 aliphatic carbocycles. The lowest BCUT2D eigenvalue weighted by Crippen LogP contribution is -2.51. The van der Waals surface area contributed by atoms with Crippen LogP contribution in [0, 0.1) is 0 Å². The number of carbonyl (C=O) groups excluding carboxylic acids is 2. The molecule has 6 heteroatoms. The van der Waals surface area contributed by atoms with Crippen molar-refractivity contribution in [2.75, 3.05) is 20.1 Å². The highest BCUT2D eigenvalue weighted by atomic mass is 35.5. The minimum absolute atomic E-state index is 0.00537. The zero-order valence-electron chi connectivity index (χ0n) is 13.7. The van der Waals surface area contributed by atoms with E-state index in [0.717, 1.165) is 31.5 Å². The van der Waals surface area contributed by atoms with Crippen molar-refractivity contribution in [3.8, 4) is 0 Å². The van der Waals surface area contributed by atoms with E-state index >= 15 is 0 Å². The highest BCUT2D eigenvalue weighted by Gasteiger charge is 2.24. The number of carbonyl (C=O) groups is 2. The predicted octanol–water partition coefficient (Wildman–Crippen LogP) is 2.88. The van der Waals surface area contributed by atoms with Gasteiger partial charge in [0.05, 0.1) is 0 Å². The first-order chi connectivity index (χ1) is 11.0. The fraction of sp³-hybridized carbons (Fsp3) is 0.529. The number of halogens is 1. The summed E-state index contributed by atoms with van der Waals surface area (Å²) in [6.45, 7) is 3.76. The molecule has 0 aromatic heterocycles. The van der Waals surface area contributed by atoms with Crippen LogP contribution in [0.1, 0.15) is 31.7 Å². The van der Waals surface area contributed by atoms with E-state index in [-0.39, 0.29) is 11.9 Å². The van der Waals surface area contributed by atoms with Crippen LogP contribution in [-0.2, 0) is 11.3 Å². The Kier molecular flexibility index (Phi) is 6.28. The molecule has 1 N–H and O–H groups in total. The Morgan fingerprint density at radius 2 is 2.00 bits per heavy atom. The van der Waals surface area contributed by atoms with E-state index < -0.39 is 6.04 Å². The van der Waals surface area contributed by atoms with Gasteiger partial charge in [0.2, 0.25) is 5.91 Å². The molecule has 1 aromatic rings. The predicted molar refractivity (Wildman–Crippen MR) is 91.3 cm³/mol. The molecule has 126 valence electrons. The third kappa shape index (κ3) is 5.13. The summed E-state index contributed by atoms with van der Waals surface area (Å²) in [5.41, 5.74) is 0.949. The number of benzene rings is 1. The fourth-order valence-electron chi connectivity index (χ4n) is 2.73. The summed E-state index contributed by atoms with van der Waals surface area (Å²) in [6.07, 6.45) is 3.26. The summed E-state index contributed by atoms with van der Waals surface area (Å²) in [7, 11) is 1.70. The average molecular weight is 338 g/mol. The Bertz CT molecular complexity index is 559. The van der Waals surface area contributed by atoms with E-state index in [1.165, 1.54) is 6.42 Å². The molecule has 1 heterocycles. The van der Waals surface area contributed by atoms with E-state index in [1.807, 2.05) is 23.1 Å². The lowest BCUT2D eigenvalue weighted by Gasteiger charge is -2.30. The van der Waals surface area contributed by atoms with Gasteiger partial charge in [0.1, 0.15) is 6.04 Å². The van der Waals surface area contributed by atoms with E-state index in [9.17, 15) is 9.59 Å². The molecule has 1 saturated heterocycles. The summed E-state index contributed by atoms with van der Waals surface area (Å²) in [4.78, 5) is 28.0. The second-order valence-corrected chi connectivity index (χ2v) is 6.48. The Labute approximate surface area is 142 Å². The highest BCUT2D eigenvalue weighted by molar-refractivity contribution is 6.30. The number of hydrogen-bond acceptors (Lipinski definition) is 2. The van der Waals surface area contributed by atoms with Crippen LogP contribution in [0.2, 0.25) is 5.02 Å². The van der Waals surface area contributed by atoms with Gasteiger partial charge in [0.15, 0.2) is 0 Å². The van der Waals surface area contributed by atoms with Gasteiger partial charge in [0.25, 0.3) is 0 Å². The van der Waals surface area contributed by atoms with Gasteiger partial charge in [0, 0.05) is 31.7 Å². The van der Waals surface area contributed by atoms with Crippen molar-refractivity contribution in [3.63, 3.8) is 0 Å². The van der Waals surface area contributed by atoms with Crippen LogP contribution in [0.3, 0.4) is 0 Å². The maximum absolute atomic E-state index is 12.3. The first-order valence-electron chi connectivity index (χ1n) is 8.02. The Morgan fingerprint density at radius 3 is 2.65 bits per heavy atom. The van der Waals surface area contributed by atoms with Crippen molar-refractivity contribution < 1.29 is 9.59 Å². The summed E-state index contributed by atoms with van der Waals surface area (Å²) in [5.74, 6) is -0.00537. The van der Waals surface area contributed by atoms with Crippen LogP contribution >= 0.6 is 11.6 Å². The Balaban J connectivity index is 1.85. The average Bonchev–Trinajstić information content (AvgIpc) is 2.54. The monoisotopic (exact) mass is 337 g/mol. The van der Waals surface area contributed by atoms with Gasteiger partial charge in [-0.3, -0.25) is 4.79 Å².